The summed E-state index contributed by atoms with van der Waals surface area (Å²) in [5.74, 6) is 0. The molecular weight excluding hydrogens is 410 g/mol. The predicted molar refractivity (Wildman–Crippen MR) is 115 cm³/mol. The summed E-state index contributed by atoms with van der Waals surface area (Å²) < 4.78 is 27.9. The molecule has 0 spiro atoms. The number of nitrogens with one attached hydrogen (secondary N) is 2. The second-order valence-electron chi connectivity index (χ2n) is 6.34. The molecule has 5 nitrogen and oxygen atoms in total. The summed E-state index contributed by atoms with van der Waals surface area (Å²) in [5.41, 5.74) is 3.89. The summed E-state index contributed by atoms with van der Waals surface area (Å²) in [6.45, 7) is 2.23. The highest BCUT2D eigenvalue weighted by Gasteiger charge is 2.19. The van der Waals surface area contributed by atoms with E-state index in [1.54, 1.807) is 46.9 Å². The van der Waals surface area contributed by atoms with Gasteiger partial charge in [0.25, 0.3) is 0 Å². The highest BCUT2D eigenvalue weighted by Crippen LogP contribution is 2.34. The van der Waals surface area contributed by atoms with Gasteiger partial charge in [0.05, 0.1) is 20.3 Å². The van der Waals surface area contributed by atoms with E-state index in [1.807, 2.05) is 41.9 Å². The zero-order valence-electron chi connectivity index (χ0n) is 15.2. The van der Waals surface area contributed by atoms with Crippen molar-refractivity contribution in [3.8, 4) is 21.1 Å². The van der Waals surface area contributed by atoms with E-state index in [0.717, 1.165) is 32.3 Å². The van der Waals surface area contributed by atoms with Crippen molar-refractivity contribution >= 4 is 32.7 Å². The van der Waals surface area contributed by atoms with Gasteiger partial charge < -0.3 is 0 Å². The van der Waals surface area contributed by atoms with E-state index in [9.17, 15) is 8.42 Å². The number of benzene rings is 1. The number of nitrogens with zero attached hydrogens (tertiary/aromatic N) is 1. The first-order valence-electron chi connectivity index (χ1n) is 8.76. The normalized spacial score (nSPS) is 11.8. The van der Waals surface area contributed by atoms with Gasteiger partial charge in [0, 0.05) is 12.1 Å². The van der Waals surface area contributed by atoms with Crippen LogP contribution < -0.4 is 4.72 Å². The summed E-state index contributed by atoms with van der Waals surface area (Å²) in [4.78, 5) is 2.43. The number of hydrogen-bond donors (Lipinski definition) is 2. The highest BCUT2D eigenvalue weighted by molar-refractivity contribution is 7.89. The van der Waals surface area contributed by atoms with Gasteiger partial charge in [-0.15, -0.1) is 22.7 Å². The molecule has 1 aromatic carbocycles. The Bertz CT molecular complexity index is 1090. The molecule has 0 fully saturated rings. The fraction of sp³-hybridized carbons (Fsp3) is 0.150. The van der Waals surface area contributed by atoms with E-state index in [4.69, 9.17) is 0 Å². The zero-order chi connectivity index (χ0) is 19.6. The van der Waals surface area contributed by atoms with Gasteiger partial charge in [-0.25, -0.2) is 13.1 Å². The molecule has 28 heavy (non-hydrogen) atoms. The molecule has 0 aliphatic heterocycles. The molecule has 0 amide bonds. The van der Waals surface area contributed by atoms with Crippen molar-refractivity contribution in [2.24, 2.45) is 0 Å². The minimum atomic E-state index is -3.54. The largest absolute Gasteiger partial charge is 0.276 e. The van der Waals surface area contributed by atoms with Crippen molar-refractivity contribution < 1.29 is 8.42 Å². The number of aromatic amines is 1. The van der Waals surface area contributed by atoms with Gasteiger partial charge in [-0.1, -0.05) is 29.8 Å². The smallest absolute Gasteiger partial charge is 0.240 e. The van der Waals surface area contributed by atoms with Crippen LogP contribution in [-0.4, -0.2) is 25.2 Å². The average Bonchev–Trinajstić information content (AvgIpc) is 3.43. The Kier molecular flexibility index (Phi) is 5.45. The quantitative estimate of drug-likeness (QED) is 0.447. The first-order chi connectivity index (χ1) is 13.5. The molecule has 4 aromatic rings. The molecule has 144 valence electrons. The average molecular weight is 430 g/mol. The Hall–Kier alpha value is -2.26. The monoisotopic (exact) mass is 429 g/mol. The lowest BCUT2D eigenvalue weighted by Gasteiger charge is -2.08. The van der Waals surface area contributed by atoms with Crippen molar-refractivity contribution in [2.75, 3.05) is 6.54 Å². The van der Waals surface area contributed by atoms with Crippen LogP contribution in [0, 0.1) is 6.92 Å². The van der Waals surface area contributed by atoms with Gasteiger partial charge in [-0.05, 0) is 48.4 Å². The van der Waals surface area contributed by atoms with Gasteiger partial charge in [-0.3, -0.25) is 5.10 Å². The number of sulfonamides is 1. The van der Waals surface area contributed by atoms with Gasteiger partial charge in [-0.2, -0.15) is 5.10 Å². The zero-order valence-corrected chi connectivity index (χ0v) is 17.6. The lowest BCUT2D eigenvalue weighted by Crippen LogP contribution is -2.26. The van der Waals surface area contributed by atoms with E-state index in [1.165, 1.54) is 0 Å². The van der Waals surface area contributed by atoms with Gasteiger partial charge in [0.2, 0.25) is 10.0 Å². The molecule has 0 saturated carbocycles. The highest BCUT2D eigenvalue weighted by atomic mass is 32.2. The maximum atomic E-state index is 12.6. The Morgan fingerprint density at radius 1 is 1.00 bits per heavy atom. The van der Waals surface area contributed by atoms with Crippen LogP contribution in [0.5, 0.6) is 0 Å². The van der Waals surface area contributed by atoms with Crippen LogP contribution in [-0.2, 0) is 16.4 Å². The second-order valence-corrected chi connectivity index (χ2v) is 10.0. The third-order valence-corrected chi connectivity index (χ3v) is 7.63. The van der Waals surface area contributed by atoms with Crippen LogP contribution in [0.25, 0.3) is 21.1 Å². The number of aryl methyl sites for hydroxylation is 1. The van der Waals surface area contributed by atoms with E-state index in [2.05, 4.69) is 14.9 Å². The number of aromatic nitrogens is 2. The number of thiophene rings is 2. The molecule has 0 bridgehead atoms. The summed E-state index contributed by atoms with van der Waals surface area (Å²) in [6.07, 6.45) is 0.544. The minimum Gasteiger partial charge on any atom is -0.276 e. The topological polar surface area (TPSA) is 74.8 Å². The lowest BCUT2D eigenvalue weighted by atomic mass is 10.1. The molecule has 0 unspecified atom stereocenters. The van der Waals surface area contributed by atoms with Crippen LogP contribution in [0.15, 0.2) is 64.2 Å². The van der Waals surface area contributed by atoms with Crippen LogP contribution in [0.3, 0.4) is 0 Å². The van der Waals surface area contributed by atoms with Gasteiger partial charge in [0.15, 0.2) is 0 Å². The Labute approximate surface area is 172 Å². The summed E-state index contributed by atoms with van der Waals surface area (Å²) in [7, 11) is -3.54. The molecule has 3 aromatic heterocycles. The van der Waals surface area contributed by atoms with Crippen LogP contribution in [0.1, 0.15) is 11.1 Å². The Balaban J connectivity index is 1.57. The number of H-pyrrole nitrogens is 1. The van der Waals surface area contributed by atoms with Crippen molar-refractivity contribution in [1.82, 2.24) is 14.9 Å². The van der Waals surface area contributed by atoms with Crippen LogP contribution in [0.4, 0.5) is 0 Å². The maximum Gasteiger partial charge on any atom is 0.240 e. The summed E-state index contributed by atoms with van der Waals surface area (Å²) in [6, 6.07) is 14.9. The molecule has 4 rings (SSSR count). The van der Waals surface area contributed by atoms with Gasteiger partial charge >= 0.3 is 0 Å². The number of rotatable bonds is 7. The third-order valence-electron chi connectivity index (χ3n) is 4.39. The molecule has 0 saturated heterocycles. The van der Waals surface area contributed by atoms with E-state index in [0.29, 0.717) is 13.0 Å². The SMILES string of the molecule is Cc1ccc(S(=O)(=O)NCCc2c(-c3cccs3)n[nH]c2-c2cccs2)cc1. The molecule has 2 N–H and O–H groups in total. The second kappa shape index (κ2) is 8.00. The fourth-order valence-corrected chi connectivity index (χ4v) is 5.48. The van der Waals surface area contributed by atoms with E-state index in [-0.39, 0.29) is 4.90 Å². The van der Waals surface area contributed by atoms with Crippen molar-refractivity contribution in [2.45, 2.75) is 18.2 Å². The van der Waals surface area contributed by atoms with Crippen molar-refractivity contribution in [1.29, 1.82) is 0 Å². The molecule has 8 heteroatoms. The van der Waals surface area contributed by atoms with Crippen molar-refractivity contribution in [3.63, 3.8) is 0 Å². The van der Waals surface area contributed by atoms with Crippen LogP contribution in [0.2, 0.25) is 0 Å². The summed E-state index contributed by atoms with van der Waals surface area (Å²) in [5, 5.41) is 11.7. The first-order valence-corrected chi connectivity index (χ1v) is 12.0. The van der Waals surface area contributed by atoms with Gasteiger partial charge in [0.1, 0.15) is 5.69 Å². The molecule has 0 radical (unpaired) electrons. The standard InChI is InChI=1S/C20H19N3O2S3/c1-14-6-8-15(9-7-14)28(24,25)21-11-10-16-19(17-4-2-12-26-17)22-23-20(16)18-5-3-13-27-18/h2-9,12-13,21H,10-11H2,1H3,(H,22,23). The molecule has 0 aliphatic rings. The van der Waals surface area contributed by atoms with Crippen molar-refractivity contribution in [3.05, 3.63) is 70.4 Å². The van der Waals surface area contributed by atoms with E-state index < -0.39 is 10.0 Å². The first kappa shape index (κ1) is 19.1. The Morgan fingerprint density at radius 2 is 1.68 bits per heavy atom. The lowest BCUT2D eigenvalue weighted by molar-refractivity contribution is 0.581. The summed E-state index contributed by atoms with van der Waals surface area (Å²) >= 11 is 3.25. The Morgan fingerprint density at radius 3 is 2.32 bits per heavy atom. The third kappa shape index (κ3) is 3.95. The number of hydrogen-bond acceptors (Lipinski definition) is 5. The van der Waals surface area contributed by atoms with E-state index >= 15 is 0 Å². The maximum absolute atomic E-state index is 12.6. The predicted octanol–water partition coefficient (Wildman–Crippen LogP) is 4.70. The minimum absolute atomic E-state index is 0.280. The molecule has 0 atom stereocenters. The molecule has 3 heterocycles. The van der Waals surface area contributed by atoms with Crippen LogP contribution >= 0.6 is 22.7 Å². The molecular formula is C20H19N3O2S3. The molecule has 0 aliphatic carbocycles. The fourth-order valence-electron chi connectivity index (χ4n) is 2.96.